The van der Waals surface area contributed by atoms with Gasteiger partial charge in [-0.25, -0.2) is 4.98 Å². The van der Waals surface area contributed by atoms with Crippen LogP contribution in [0, 0.1) is 5.92 Å². The number of benzene rings is 2. The standard InChI is InChI=1S/C22H22N4O2S/c23-11-21(27)26-13-16-9-10-25(19(16)14-26)12-15-5-7-17(8-6-15)28-22-24-18-3-1-2-4-20(18)29-22/h1-8,14,16H,9-13,23H2. The zero-order chi connectivity index (χ0) is 19.8. The summed E-state index contributed by atoms with van der Waals surface area (Å²) in [5, 5.41) is 0.655. The molecule has 6 nitrogen and oxygen atoms in total. The topological polar surface area (TPSA) is 71.7 Å². The van der Waals surface area contributed by atoms with Crippen LogP contribution in [0.5, 0.6) is 10.9 Å². The van der Waals surface area contributed by atoms with E-state index in [0.717, 1.165) is 42.0 Å². The number of fused-ring (bicyclic) bond motifs is 2. The lowest BCUT2D eigenvalue weighted by atomic mass is 10.1. The second kappa shape index (κ2) is 7.50. The van der Waals surface area contributed by atoms with Crippen molar-refractivity contribution in [1.82, 2.24) is 14.8 Å². The maximum Gasteiger partial charge on any atom is 0.279 e. The fourth-order valence-electron chi connectivity index (χ4n) is 4.01. The van der Waals surface area contributed by atoms with E-state index in [0.29, 0.717) is 11.1 Å². The van der Waals surface area contributed by atoms with Crippen LogP contribution in [0.25, 0.3) is 10.2 Å². The lowest BCUT2D eigenvalue weighted by molar-refractivity contribution is -0.127. The zero-order valence-electron chi connectivity index (χ0n) is 16.0. The number of rotatable bonds is 5. The van der Waals surface area contributed by atoms with Gasteiger partial charge in [-0.15, -0.1) is 0 Å². The molecule has 2 aliphatic heterocycles. The van der Waals surface area contributed by atoms with Gasteiger partial charge in [-0.2, -0.15) is 0 Å². The molecular weight excluding hydrogens is 384 g/mol. The second-order valence-electron chi connectivity index (χ2n) is 7.40. The number of amides is 1. The molecule has 2 aromatic carbocycles. The molecule has 7 heteroatoms. The molecule has 1 fully saturated rings. The van der Waals surface area contributed by atoms with Crippen LogP contribution in [0.15, 0.2) is 60.4 Å². The summed E-state index contributed by atoms with van der Waals surface area (Å²) in [7, 11) is 0. The Hall–Kier alpha value is -2.90. The molecule has 0 saturated carbocycles. The van der Waals surface area contributed by atoms with Gasteiger partial charge in [0, 0.05) is 37.4 Å². The normalized spacial score (nSPS) is 18.2. The molecule has 0 aliphatic carbocycles. The molecular formula is C22H22N4O2S. The van der Waals surface area contributed by atoms with E-state index in [4.69, 9.17) is 10.5 Å². The number of aromatic nitrogens is 1. The Morgan fingerprint density at radius 2 is 2.03 bits per heavy atom. The van der Waals surface area contributed by atoms with E-state index in [1.54, 1.807) is 16.2 Å². The van der Waals surface area contributed by atoms with Crippen molar-refractivity contribution in [3.05, 3.63) is 66.0 Å². The molecule has 148 valence electrons. The Morgan fingerprint density at radius 1 is 1.21 bits per heavy atom. The molecule has 0 radical (unpaired) electrons. The molecule has 0 spiro atoms. The summed E-state index contributed by atoms with van der Waals surface area (Å²) in [6, 6.07) is 16.2. The number of carbonyl (C=O) groups is 1. The molecule has 29 heavy (non-hydrogen) atoms. The molecule has 1 unspecified atom stereocenters. The number of nitrogens with zero attached hydrogens (tertiary/aromatic N) is 3. The van der Waals surface area contributed by atoms with Crippen LogP contribution in [0.1, 0.15) is 12.0 Å². The van der Waals surface area contributed by atoms with Crippen LogP contribution in [-0.4, -0.2) is 40.3 Å². The number of para-hydroxylation sites is 1. The number of likely N-dealkylation sites (tertiary alicyclic amines) is 1. The second-order valence-corrected chi connectivity index (χ2v) is 8.40. The molecule has 5 rings (SSSR count). The number of nitrogens with two attached hydrogens (primary N) is 1. The summed E-state index contributed by atoms with van der Waals surface area (Å²) in [6.45, 7) is 2.67. The number of thiazole rings is 1. The third-order valence-corrected chi connectivity index (χ3v) is 6.42. The molecule has 0 bridgehead atoms. The van der Waals surface area contributed by atoms with Crippen LogP contribution in [0.2, 0.25) is 0 Å². The van der Waals surface area contributed by atoms with Crippen LogP contribution in [0.3, 0.4) is 0 Å². The molecule has 3 aromatic rings. The quantitative estimate of drug-likeness (QED) is 0.702. The lowest BCUT2D eigenvalue weighted by Gasteiger charge is -2.20. The monoisotopic (exact) mass is 406 g/mol. The van der Waals surface area contributed by atoms with Crippen molar-refractivity contribution >= 4 is 27.5 Å². The third kappa shape index (κ3) is 3.59. The third-order valence-electron chi connectivity index (χ3n) is 5.51. The molecule has 1 amide bonds. The van der Waals surface area contributed by atoms with Crippen molar-refractivity contribution in [3.8, 4) is 10.9 Å². The van der Waals surface area contributed by atoms with Crippen LogP contribution in [0.4, 0.5) is 0 Å². The van der Waals surface area contributed by atoms with Gasteiger partial charge in [0.15, 0.2) is 0 Å². The van der Waals surface area contributed by atoms with Crippen LogP contribution >= 0.6 is 11.3 Å². The summed E-state index contributed by atoms with van der Waals surface area (Å²) in [6.07, 6.45) is 3.07. The predicted molar refractivity (Wildman–Crippen MR) is 114 cm³/mol. The van der Waals surface area contributed by atoms with Gasteiger partial charge in [-0.1, -0.05) is 35.6 Å². The first-order chi connectivity index (χ1) is 14.2. The minimum Gasteiger partial charge on any atom is -0.431 e. The smallest absolute Gasteiger partial charge is 0.279 e. The van der Waals surface area contributed by atoms with Gasteiger partial charge in [0.25, 0.3) is 5.19 Å². The number of hydrogen-bond acceptors (Lipinski definition) is 6. The maximum atomic E-state index is 11.9. The first-order valence-corrected chi connectivity index (χ1v) is 10.6. The highest BCUT2D eigenvalue weighted by atomic mass is 32.1. The first kappa shape index (κ1) is 18.1. The SMILES string of the molecule is NCC(=O)N1C=C2C(CCN2Cc2ccc(Oc3nc4ccccc4s3)cc2)C1. The van der Waals surface area contributed by atoms with Crippen molar-refractivity contribution in [2.24, 2.45) is 11.7 Å². The maximum absolute atomic E-state index is 11.9. The van der Waals surface area contributed by atoms with E-state index in [1.165, 1.54) is 11.3 Å². The summed E-state index contributed by atoms with van der Waals surface area (Å²) in [5.74, 6) is 1.21. The lowest BCUT2D eigenvalue weighted by Crippen LogP contribution is -2.31. The first-order valence-electron chi connectivity index (χ1n) is 9.78. The zero-order valence-corrected chi connectivity index (χ0v) is 16.8. The van der Waals surface area contributed by atoms with Gasteiger partial charge in [0.2, 0.25) is 5.91 Å². The molecule has 2 aliphatic rings. The Kier molecular flexibility index (Phi) is 4.69. The Labute approximate surface area is 173 Å². The molecule has 3 heterocycles. The van der Waals surface area contributed by atoms with Gasteiger partial charge >= 0.3 is 0 Å². The summed E-state index contributed by atoms with van der Waals surface area (Å²) in [5.41, 5.74) is 8.93. The van der Waals surface area contributed by atoms with Crippen molar-refractivity contribution < 1.29 is 9.53 Å². The fourth-order valence-corrected chi connectivity index (χ4v) is 4.84. The van der Waals surface area contributed by atoms with E-state index >= 15 is 0 Å². The fraction of sp³-hybridized carbons (Fsp3) is 0.273. The summed E-state index contributed by atoms with van der Waals surface area (Å²) < 4.78 is 7.06. The minimum absolute atomic E-state index is 0.0109. The van der Waals surface area contributed by atoms with Crippen LogP contribution in [-0.2, 0) is 11.3 Å². The minimum atomic E-state index is -0.0109. The number of ether oxygens (including phenoxy) is 1. The van der Waals surface area contributed by atoms with Crippen molar-refractivity contribution in [1.29, 1.82) is 0 Å². The van der Waals surface area contributed by atoms with Crippen LogP contribution < -0.4 is 10.5 Å². The molecule has 1 aromatic heterocycles. The van der Waals surface area contributed by atoms with Gasteiger partial charge in [0.05, 0.1) is 16.8 Å². The highest BCUT2D eigenvalue weighted by Crippen LogP contribution is 2.35. The van der Waals surface area contributed by atoms with Crippen molar-refractivity contribution in [3.63, 3.8) is 0 Å². The summed E-state index contributed by atoms with van der Waals surface area (Å²) >= 11 is 1.55. The van der Waals surface area contributed by atoms with E-state index in [-0.39, 0.29) is 12.5 Å². The number of carbonyl (C=O) groups excluding carboxylic acids is 1. The molecule has 1 saturated heterocycles. The van der Waals surface area contributed by atoms with Gasteiger partial charge in [-0.3, -0.25) is 4.79 Å². The average molecular weight is 407 g/mol. The van der Waals surface area contributed by atoms with Gasteiger partial charge < -0.3 is 20.3 Å². The summed E-state index contributed by atoms with van der Waals surface area (Å²) in [4.78, 5) is 20.5. The van der Waals surface area contributed by atoms with Crippen molar-refractivity contribution in [2.75, 3.05) is 19.6 Å². The number of hydrogen-bond donors (Lipinski definition) is 1. The Morgan fingerprint density at radius 3 is 2.83 bits per heavy atom. The molecule has 1 atom stereocenters. The van der Waals surface area contributed by atoms with Crippen molar-refractivity contribution in [2.45, 2.75) is 13.0 Å². The van der Waals surface area contributed by atoms with E-state index < -0.39 is 0 Å². The Bertz CT molecular complexity index is 1040. The Balaban J connectivity index is 1.25. The van der Waals surface area contributed by atoms with E-state index in [1.807, 2.05) is 42.6 Å². The van der Waals surface area contributed by atoms with E-state index in [9.17, 15) is 4.79 Å². The van der Waals surface area contributed by atoms with E-state index in [2.05, 4.69) is 22.0 Å². The highest BCUT2D eigenvalue weighted by molar-refractivity contribution is 7.20. The molecule has 2 N–H and O–H groups in total. The van der Waals surface area contributed by atoms with Gasteiger partial charge in [-0.05, 0) is 36.2 Å². The van der Waals surface area contributed by atoms with Gasteiger partial charge in [0.1, 0.15) is 5.75 Å². The highest BCUT2D eigenvalue weighted by Gasteiger charge is 2.35. The predicted octanol–water partition coefficient (Wildman–Crippen LogP) is 3.55. The average Bonchev–Trinajstić information content (AvgIpc) is 3.43. The largest absolute Gasteiger partial charge is 0.431 e.